The third-order valence-corrected chi connectivity index (χ3v) is 6.81. The van der Waals surface area contributed by atoms with Crippen LogP contribution in [0.4, 0.5) is 23.3 Å². The van der Waals surface area contributed by atoms with E-state index in [-0.39, 0.29) is 5.91 Å². The normalized spacial score (nSPS) is 16.2. The van der Waals surface area contributed by atoms with E-state index in [4.69, 9.17) is 9.97 Å². The lowest BCUT2D eigenvalue weighted by Gasteiger charge is -2.35. The number of anilines is 4. The molecule has 1 amide bonds. The van der Waals surface area contributed by atoms with E-state index in [0.29, 0.717) is 31.3 Å². The van der Waals surface area contributed by atoms with Crippen molar-refractivity contribution in [1.29, 1.82) is 0 Å². The summed E-state index contributed by atoms with van der Waals surface area (Å²) in [6, 6.07) is 16.0. The Labute approximate surface area is 209 Å². The van der Waals surface area contributed by atoms with Gasteiger partial charge in [0.2, 0.25) is 11.9 Å². The zero-order valence-electron chi connectivity index (χ0n) is 20.1. The molecule has 0 saturated carbocycles. The van der Waals surface area contributed by atoms with Crippen molar-refractivity contribution in [2.75, 3.05) is 54.4 Å². The average Bonchev–Trinajstić information content (AvgIpc) is 3.54. The van der Waals surface area contributed by atoms with Crippen LogP contribution in [0.25, 0.3) is 11.2 Å². The summed E-state index contributed by atoms with van der Waals surface area (Å²) in [5, 5.41) is 3.44. The van der Waals surface area contributed by atoms with Gasteiger partial charge >= 0.3 is 0 Å². The van der Waals surface area contributed by atoms with Crippen LogP contribution >= 0.6 is 0 Å². The zero-order chi connectivity index (χ0) is 24.3. The van der Waals surface area contributed by atoms with Crippen molar-refractivity contribution < 1.29 is 4.79 Å². The second-order valence-electron chi connectivity index (χ2n) is 9.12. The molecular formula is C26H29N9O. The van der Waals surface area contributed by atoms with Crippen LogP contribution in [0.3, 0.4) is 0 Å². The number of pyridine rings is 1. The minimum absolute atomic E-state index is 0.229. The van der Waals surface area contributed by atoms with Crippen LogP contribution in [-0.2, 0) is 11.3 Å². The van der Waals surface area contributed by atoms with E-state index in [0.717, 1.165) is 61.8 Å². The first-order valence-electron chi connectivity index (χ1n) is 12.5. The smallest absolute Gasteiger partial charge is 0.229 e. The Balaban J connectivity index is 1.28. The van der Waals surface area contributed by atoms with Gasteiger partial charge in [0.05, 0.1) is 6.33 Å². The maximum Gasteiger partial charge on any atom is 0.229 e. The quantitative estimate of drug-likeness (QED) is 0.429. The molecule has 1 aromatic carbocycles. The topological polar surface area (TPSA) is 95.3 Å². The highest BCUT2D eigenvalue weighted by molar-refractivity contribution is 5.86. The van der Waals surface area contributed by atoms with Crippen LogP contribution in [0, 0.1) is 0 Å². The van der Waals surface area contributed by atoms with Crippen LogP contribution in [0.2, 0.25) is 0 Å². The van der Waals surface area contributed by atoms with E-state index in [1.54, 1.807) is 6.33 Å². The summed E-state index contributed by atoms with van der Waals surface area (Å²) in [5.74, 6) is 2.59. The fourth-order valence-corrected chi connectivity index (χ4v) is 4.83. The van der Waals surface area contributed by atoms with Gasteiger partial charge in [-0.15, -0.1) is 0 Å². The zero-order valence-corrected chi connectivity index (χ0v) is 20.1. The van der Waals surface area contributed by atoms with Crippen molar-refractivity contribution in [2.45, 2.75) is 19.4 Å². The standard InChI is InChI=1S/C26H29N9O/c36-22-10-6-12-33(22)15-18-35-19-28-23-24(29-20-7-2-1-3-8-20)30-26(31-25(23)35)34-16-13-32(14-17-34)21-9-4-5-11-27-21/h1-5,7-9,11,19H,6,10,12-18H2,(H,29,30,31). The average molecular weight is 484 g/mol. The summed E-state index contributed by atoms with van der Waals surface area (Å²) in [4.78, 5) is 37.5. The molecule has 5 heterocycles. The number of hydrogen-bond donors (Lipinski definition) is 1. The maximum atomic E-state index is 12.1. The number of para-hydroxylation sites is 1. The van der Waals surface area contributed by atoms with E-state index in [9.17, 15) is 4.79 Å². The molecule has 10 heteroatoms. The van der Waals surface area contributed by atoms with Gasteiger partial charge in [-0.2, -0.15) is 9.97 Å². The number of amides is 1. The van der Waals surface area contributed by atoms with Crippen molar-refractivity contribution in [3.05, 3.63) is 61.1 Å². The highest BCUT2D eigenvalue weighted by Gasteiger charge is 2.24. The van der Waals surface area contributed by atoms with Crippen molar-refractivity contribution in [3.8, 4) is 0 Å². The van der Waals surface area contributed by atoms with Gasteiger partial charge in [-0.25, -0.2) is 9.97 Å². The predicted molar refractivity (Wildman–Crippen MR) is 140 cm³/mol. The first-order chi connectivity index (χ1) is 17.7. The summed E-state index contributed by atoms with van der Waals surface area (Å²) < 4.78 is 2.03. The molecule has 36 heavy (non-hydrogen) atoms. The molecule has 0 radical (unpaired) electrons. The monoisotopic (exact) mass is 483 g/mol. The molecule has 0 unspecified atom stereocenters. The Kier molecular flexibility index (Phi) is 6.06. The number of rotatable bonds is 7. The Hall–Kier alpha value is -4.21. The molecule has 0 bridgehead atoms. The van der Waals surface area contributed by atoms with Crippen molar-refractivity contribution in [3.63, 3.8) is 0 Å². The number of carbonyl (C=O) groups excluding carboxylic acids is 1. The number of likely N-dealkylation sites (tertiary alicyclic amines) is 1. The van der Waals surface area contributed by atoms with E-state index < -0.39 is 0 Å². The molecule has 184 valence electrons. The lowest BCUT2D eigenvalue weighted by Crippen LogP contribution is -2.47. The van der Waals surface area contributed by atoms with Crippen LogP contribution in [0.15, 0.2) is 61.1 Å². The third-order valence-electron chi connectivity index (χ3n) is 6.81. The third kappa shape index (κ3) is 4.53. The molecule has 2 aliphatic rings. The number of hydrogen-bond acceptors (Lipinski definition) is 8. The fourth-order valence-electron chi connectivity index (χ4n) is 4.83. The van der Waals surface area contributed by atoms with Crippen LogP contribution < -0.4 is 15.1 Å². The number of carbonyl (C=O) groups is 1. The first kappa shape index (κ1) is 22.3. The highest BCUT2D eigenvalue weighted by atomic mass is 16.2. The van der Waals surface area contributed by atoms with Crippen molar-refractivity contribution in [2.24, 2.45) is 0 Å². The lowest BCUT2D eigenvalue weighted by atomic mass is 10.3. The Morgan fingerprint density at radius 2 is 1.64 bits per heavy atom. The molecule has 2 fully saturated rings. The van der Waals surface area contributed by atoms with Gasteiger partial charge in [-0.1, -0.05) is 24.3 Å². The molecule has 4 aromatic rings. The molecule has 10 nitrogen and oxygen atoms in total. The van der Waals surface area contributed by atoms with Gasteiger partial charge in [0.25, 0.3) is 0 Å². The van der Waals surface area contributed by atoms with Gasteiger partial charge in [0.15, 0.2) is 17.0 Å². The second kappa shape index (κ2) is 9.80. The number of piperazine rings is 1. The minimum Gasteiger partial charge on any atom is -0.353 e. The molecule has 0 atom stereocenters. The summed E-state index contributed by atoms with van der Waals surface area (Å²) in [6.45, 7) is 5.41. The minimum atomic E-state index is 0.229. The Bertz CT molecular complexity index is 1330. The van der Waals surface area contributed by atoms with Crippen molar-refractivity contribution in [1.82, 2.24) is 29.4 Å². The molecule has 2 aliphatic heterocycles. The highest BCUT2D eigenvalue weighted by Crippen LogP contribution is 2.27. The Morgan fingerprint density at radius 1 is 0.833 bits per heavy atom. The number of imidazole rings is 1. The number of fused-ring (bicyclic) bond motifs is 1. The van der Waals surface area contributed by atoms with Gasteiger partial charge < -0.3 is 24.6 Å². The molecule has 1 N–H and O–H groups in total. The van der Waals surface area contributed by atoms with E-state index in [1.807, 2.05) is 64.2 Å². The van der Waals surface area contributed by atoms with Crippen molar-refractivity contribution >= 4 is 40.3 Å². The van der Waals surface area contributed by atoms with Gasteiger partial charge in [0.1, 0.15) is 5.82 Å². The van der Waals surface area contributed by atoms with Gasteiger partial charge in [-0.05, 0) is 30.7 Å². The van der Waals surface area contributed by atoms with Crippen LogP contribution in [0.1, 0.15) is 12.8 Å². The SMILES string of the molecule is O=C1CCCN1CCn1cnc2c(Nc3ccccc3)nc(N3CCN(c4ccccn4)CC3)nc21. The molecular weight excluding hydrogens is 454 g/mol. The molecule has 3 aromatic heterocycles. The van der Waals surface area contributed by atoms with E-state index in [2.05, 4.69) is 25.1 Å². The second-order valence-corrected chi connectivity index (χ2v) is 9.12. The summed E-state index contributed by atoms with van der Waals surface area (Å²) in [5.41, 5.74) is 2.44. The molecule has 6 rings (SSSR count). The van der Waals surface area contributed by atoms with E-state index >= 15 is 0 Å². The largest absolute Gasteiger partial charge is 0.353 e. The van der Waals surface area contributed by atoms with Gasteiger partial charge in [-0.3, -0.25) is 4.79 Å². The summed E-state index contributed by atoms with van der Waals surface area (Å²) >= 11 is 0. The lowest BCUT2D eigenvalue weighted by molar-refractivity contribution is -0.127. The fraction of sp³-hybridized carbons (Fsp3) is 0.346. The first-order valence-corrected chi connectivity index (χ1v) is 12.5. The Morgan fingerprint density at radius 3 is 2.39 bits per heavy atom. The van der Waals surface area contributed by atoms with Gasteiger partial charge in [0, 0.05) is 64.1 Å². The maximum absolute atomic E-state index is 12.1. The number of benzene rings is 1. The summed E-state index contributed by atoms with van der Waals surface area (Å²) in [6.07, 6.45) is 5.22. The molecule has 0 aliphatic carbocycles. The summed E-state index contributed by atoms with van der Waals surface area (Å²) in [7, 11) is 0. The van der Waals surface area contributed by atoms with Crippen LogP contribution in [0.5, 0.6) is 0 Å². The predicted octanol–water partition coefficient (Wildman–Crippen LogP) is 2.91. The van der Waals surface area contributed by atoms with Crippen LogP contribution in [-0.4, -0.2) is 74.6 Å². The molecule has 0 spiro atoms. The number of aromatic nitrogens is 5. The number of nitrogens with one attached hydrogen (secondary N) is 1. The number of nitrogens with zero attached hydrogens (tertiary/aromatic N) is 8. The molecule has 2 saturated heterocycles. The van der Waals surface area contributed by atoms with E-state index in [1.165, 1.54) is 0 Å².